The van der Waals surface area contributed by atoms with Crippen molar-refractivity contribution >= 4 is 35.4 Å². The summed E-state index contributed by atoms with van der Waals surface area (Å²) < 4.78 is 0.525. The first kappa shape index (κ1) is 14.4. The second-order valence-corrected chi connectivity index (χ2v) is 5.94. The summed E-state index contributed by atoms with van der Waals surface area (Å²) in [6.07, 6.45) is 2.43. The molecule has 0 radical (unpaired) electrons. The van der Waals surface area contributed by atoms with Crippen LogP contribution in [-0.2, 0) is 6.42 Å². The van der Waals surface area contributed by atoms with Crippen molar-refractivity contribution in [3.8, 4) is 11.5 Å². The highest BCUT2D eigenvalue weighted by atomic mass is 35.5. The van der Waals surface area contributed by atoms with Crippen LogP contribution in [0.25, 0.3) is 11.5 Å². The van der Waals surface area contributed by atoms with Crippen LogP contribution in [0.3, 0.4) is 0 Å². The van der Waals surface area contributed by atoms with Gasteiger partial charge in [-0.25, -0.2) is 9.97 Å². The van der Waals surface area contributed by atoms with Gasteiger partial charge < -0.3 is 4.98 Å². The molecule has 0 saturated heterocycles. The standard InChI is InChI=1S/C13H13Cl2N3S/c1-7(2)3-9-5-11(19)18-13(17-9)12-10(15)4-8(14)6-16-12/h4-7H,3H2,1-2H3,(H,17,18,19). The van der Waals surface area contributed by atoms with Crippen LogP contribution in [-0.4, -0.2) is 15.0 Å². The summed E-state index contributed by atoms with van der Waals surface area (Å²) in [5.74, 6) is 1.10. The molecule has 0 atom stereocenters. The van der Waals surface area contributed by atoms with Gasteiger partial charge in [0.1, 0.15) is 10.3 Å². The van der Waals surface area contributed by atoms with E-state index in [-0.39, 0.29) is 0 Å². The highest BCUT2D eigenvalue weighted by Crippen LogP contribution is 2.25. The highest BCUT2D eigenvalue weighted by molar-refractivity contribution is 7.71. The van der Waals surface area contributed by atoms with Gasteiger partial charge in [0.05, 0.1) is 10.0 Å². The zero-order valence-electron chi connectivity index (χ0n) is 10.6. The van der Waals surface area contributed by atoms with Gasteiger partial charge in [-0.15, -0.1) is 0 Å². The maximum Gasteiger partial charge on any atom is 0.159 e. The Labute approximate surface area is 127 Å². The molecule has 0 unspecified atom stereocenters. The van der Waals surface area contributed by atoms with Crippen molar-refractivity contribution in [1.82, 2.24) is 15.0 Å². The van der Waals surface area contributed by atoms with Crippen LogP contribution in [0.4, 0.5) is 0 Å². The third-order valence-electron chi connectivity index (χ3n) is 2.46. The molecule has 100 valence electrons. The summed E-state index contributed by atoms with van der Waals surface area (Å²) in [5.41, 5.74) is 1.58. The lowest BCUT2D eigenvalue weighted by Gasteiger charge is -2.08. The van der Waals surface area contributed by atoms with E-state index in [1.54, 1.807) is 6.07 Å². The van der Waals surface area contributed by atoms with Crippen LogP contribution in [0.2, 0.25) is 10.0 Å². The Morgan fingerprint density at radius 1 is 1.32 bits per heavy atom. The predicted molar refractivity (Wildman–Crippen MR) is 81.2 cm³/mol. The van der Waals surface area contributed by atoms with E-state index < -0.39 is 0 Å². The number of hydrogen-bond acceptors (Lipinski definition) is 3. The lowest BCUT2D eigenvalue weighted by atomic mass is 10.1. The molecule has 3 nitrogen and oxygen atoms in total. The van der Waals surface area contributed by atoms with Crippen molar-refractivity contribution in [2.45, 2.75) is 20.3 Å². The summed E-state index contributed by atoms with van der Waals surface area (Å²) in [6, 6.07) is 3.50. The molecule has 0 aliphatic rings. The quantitative estimate of drug-likeness (QED) is 0.834. The Balaban J connectivity index is 2.50. The molecule has 2 aromatic rings. The first-order valence-corrected chi connectivity index (χ1v) is 7.04. The molecule has 0 aliphatic heterocycles. The van der Waals surface area contributed by atoms with E-state index in [0.29, 0.717) is 32.1 Å². The van der Waals surface area contributed by atoms with Gasteiger partial charge in [0, 0.05) is 11.9 Å². The monoisotopic (exact) mass is 313 g/mol. The summed E-state index contributed by atoms with van der Waals surface area (Å²) in [5, 5.41) is 0.943. The number of H-pyrrole nitrogens is 1. The SMILES string of the molecule is CC(C)Cc1cc(=S)nc(-c2ncc(Cl)cc2Cl)[nH]1. The van der Waals surface area contributed by atoms with E-state index in [2.05, 4.69) is 28.8 Å². The average molecular weight is 314 g/mol. The number of rotatable bonds is 3. The van der Waals surface area contributed by atoms with Gasteiger partial charge in [-0.3, -0.25) is 0 Å². The number of nitrogens with one attached hydrogen (secondary N) is 1. The van der Waals surface area contributed by atoms with E-state index >= 15 is 0 Å². The minimum atomic E-state index is 0.451. The van der Waals surface area contributed by atoms with Gasteiger partial charge in [-0.05, 0) is 24.5 Å². The molecule has 0 saturated carbocycles. The highest BCUT2D eigenvalue weighted by Gasteiger charge is 2.10. The normalized spacial score (nSPS) is 11.0. The third-order valence-corrected chi connectivity index (χ3v) is 3.16. The van der Waals surface area contributed by atoms with Crippen molar-refractivity contribution in [3.05, 3.63) is 38.7 Å². The lowest BCUT2D eigenvalue weighted by Crippen LogP contribution is -2.01. The third kappa shape index (κ3) is 3.75. The van der Waals surface area contributed by atoms with Crippen LogP contribution in [0, 0.1) is 10.6 Å². The molecule has 2 heterocycles. The Hall–Kier alpha value is -0.970. The smallest absolute Gasteiger partial charge is 0.159 e. The van der Waals surface area contributed by atoms with E-state index in [0.717, 1.165) is 12.1 Å². The van der Waals surface area contributed by atoms with E-state index in [9.17, 15) is 0 Å². The number of aromatic amines is 1. The molecule has 6 heteroatoms. The fourth-order valence-corrected chi connectivity index (χ4v) is 2.46. The summed E-state index contributed by atoms with van der Waals surface area (Å²) >= 11 is 17.2. The van der Waals surface area contributed by atoms with Gasteiger partial charge in [0.15, 0.2) is 5.82 Å². The van der Waals surface area contributed by atoms with Gasteiger partial charge in [-0.1, -0.05) is 49.3 Å². The summed E-state index contributed by atoms with van der Waals surface area (Å²) in [4.78, 5) is 11.7. The van der Waals surface area contributed by atoms with Crippen molar-refractivity contribution in [1.29, 1.82) is 0 Å². The second-order valence-electron chi connectivity index (χ2n) is 4.68. The van der Waals surface area contributed by atoms with Crippen molar-refractivity contribution in [2.24, 2.45) is 5.92 Å². The summed E-state index contributed by atoms with van der Waals surface area (Å²) in [6.45, 7) is 4.29. The second kappa shape index (κ2) is 5.99. The zero-order valence-corrected chi connectivity index (χ0v) is 12.9. The van der Waals surface area contributed by atoms with Gasteiger partial charge in [-0.2, -0.15) is 0 Å². The Bertz CT molecular complexity index is 653. The molecular formula is C13H13Cl2N3S. The minimum Gasteiger partial charge on any atom is -0.342 e. The maximum atomic E-state index is 6.13. The number of aromatic nitrogens is 3. The molecule has 0 bridgehead atoms. The minimum absolute atomic E-state index is 0.451. The molecule has 19 heavy (non-hydrogen) atoms. The topological polar surface area (TPSA) is 41.6 Å². The molecule has 2 aromatic heterocycles. The molecule has 0 spiro atoms. The van der Waals surface area contributed by atoms with Crippen LogP contribution in [0.1, 0.15) is 19.5 Å². The molecule has 0 fully saturated rings. The van der Waals surface area contributed by atoms with Gasteiger partial charge in [0.25, 0.3) is 0 Å². The molecular weight excluding hydrogens is 301 g/mol. The van der Waals surface area contributed by atoms with E-state index in [1.807, 2.05) is 6.07 Å². The molecule has 1 N–H and O–H groups in total. The van der Waals surface area contributed by atoms with Gasteiger partial charge in [0.2, 0.25) is 0 Å². The first-order chi connectivity index (χ1) is 8.95. The Kier molecular flexibility index (Phi) is 4.55. The predicted octanol–water partition coefficient (Wildman–Crippen LogP) is 4.71. The van der Waals surface area contributed by atoms with E-state index in [4.69, 9.17) is 35.4 Å². The van der Waals surface area contributed by atoms with Gasteiger partial charge >= 0.3 is 0 Å². The maximum absolute atomic E-state index is 6.13. The number of pyridine rings is 1. The van der Waals surface area contributed by atoms with Crippen LogP contribution >= 0.6 is 35.4 Å². The first-order valence-electron chi connectivity index (χ1n) is 5.87. The summed E-state index contributed by atoms with van der Waals surface area (Å²) in [7, 11) is 0. The Morgan fingerprint density at radius 2 is 2.05 bits per heavy atom. The largest absolute Gasteiger partial charge is 0.342 e. The van der Waals surface area contributed by atoms with Crippen molar-refractivity contribution in [3.63, 3.8) is 0 Å². The van der Waals surface area contributed by atoms with Crippen LogP contribution in [0.5, 0.6) is 0 Å². The van der Waals surface area contributed by atoms with Crippen molar-refractivity contribution < 1.29 is 0 Å². The number of halogens is 2. The number of hydrogen-bond donors (Lipinski definition) is 1. The average Bonchev–Trinajstić information content (AvgIpc) is 2.26. The van der Waals surface area contributed by atoms with Crippen LogP contribution in [0.15, 0.2) is 18.3 Å². The molecule has 0 aromatic carbocycles. The molecule has 0 amide bonds. The number of nitrogens with zero attached hydrogens (tertiary/aromatic N) is 2. The van der Waals surface area contributed by atoms with E-state index in [1.165, 1.54) is 6.20 Å². The lowest BCUT2D eigenvalue weighted by molar-refractivity contribution is 0.634. The Morgan fingerprint density at radius 3 is 2.68 bits per heavy atom. The molecule has 2 rings (SSSR count). The van der Waals surface area contributed by atoms with Crippen molar-refractivity contribution in [2.75, 3.05) is 0 Å². The molecule has 0 aliphatic carbocycles. The van der Waals surface area contributed by atoms with Crippen LogP contribution < -0.4 is 0 Å². The zero-order chi connectivity index (χ0) is 14.0. The fourth-order valence-electron chi connectivity index (χ4n) is 1.76. The fraction of sp³-hybridized carbons (Fsp3) is 0.308.